The summed E-state index contributed by atoms with van der Waals surface area (Å²) in [7, 11) is 1.75. The number of hydrogen-bond donors (Lipinski definition) is 1. The number of pyridine rings is 1. The Bertz CT molecular complexity index is 743. The Kier molecular flexibility index (Phi) is 2.75. The van der Waals surface area contributed by atoms with E-state index in [1.807, 2.05) is 0 Å². The van der Waals surface area contributed by atoms with E-state index in [1.54, 1.807) is 18.0 Å². The van der Waals surface area contributed by atoms with Crippen molar-refractivity contribution in [2.75, 3.05) is 11.9 Å². The van der Waals surface area contributed by atoms with Gasteiger partial charge in [-0.05, 0) is 23.7 Å². The van der Waals surface area contributed by atoms with Gasteiger partial charge < -0.3 is 4.90 Å². The summed E-state index contributed by atoms with van der Waals surface area (Å²) in [5.41, 5.74) is 0.503. The standard InChI is InChI=1S/C11H8ClFN6/c1-19(8-2-3-14-11(12)16-8)10-7-4-6(13)5-15-9(7)17-18-10/h2-5H,1H3,(H,15,17,18). The van der Waals surface area contributed by atoms with Crippen LogP contribution in [0.2, 0.25) is 5.28 Å². The maximum absolute atomic E-state index is 13.3. The highest BCUT2D eigenvalue weighted by Gasteiger charge is 2.14. The zero-order chi connectivity index (χ0) is 13.4. The van der Waals surface area contributed by atoms with Crippen LogP contribution >= 0.6 is 11.6 Å². The van der Waals surface area contributed by atoms with E-state index in [-0.39, 0.29) is 5.28 Å². The number of anilines is 2. The van der Waals surface area contributed by atoms with Gasteiger partial charge in [-0.25, -0.2) is 19.3 Å². The van der Waals surface area contributed by atoms with Crippen LogP contribution in [0.25, 0.3) is 11.0 Å². The Morgan fingerprint density at radius 2 is 2.21 bits per heavy atom. The van der Waals surface area contributed by atoms with Crippen molar-refractivity contribution in [3.05, 3.63) is 35.6 Å². The molecule has 3 aromatic heterocycles. The molecular weight excluding hydrogens is 271 g/mol. The molecule has 19 heavy (non-hydrogen) atoms. The van der Waals surface area contributed by atoms with Crippen LogP contribution in [0.1, 0.15) is 0 Å². The first-order valence-corrected chi connectivity index (χ1v) is 5.75. The number of halogens is 2. The molecule has 8 heteroatoms. The maximum atomic E-state index is 13.3. The Morgan fingerprint density at radius 1 is 1.37 bits per heavy atom. The van der Waals surface area contributed by atoms with Crippen molar-refractivity contribution in [1.82, 2.24) is 25.1 Å². The molecule has 0 unspecified atom stereocenters. The highest BCUT2D eigenvalue weighted by Crippen LogP contribution is 2.27. The van der Waals surface area contributed by atoms with Crippen molar-refractivity contribution < 1.29 is 4.39 Å². The predicted molar refractivity (Wildman–Crippen MR) is 69.0 cm³/mol. The molecule has 3 aromatic rings. The number of nitrogens with zero attached hydrogens (tertiary/aromatic N) is 5. The van der Waals surface area contributed by atoms with Gasteiger partial charge in [0.2, 0.25) is 5.28 Å². The largest absolute Gasteiger partial charge is 0.312 e. The third-order valence-corrected chi connectivity index (χ3v) is 2.82. The lowest BCUT2D eigenvalue weighted by Gasteiger charge is -2.15. The summed E-state index contributed by atoms with van der Waals surface area (Å²) >= 11 is 5.74. The molecule has 0 aromatic carbocycles. The molecule has 3 rings (SSSR count). The van der Waals surface area contributed by atoms with Crippen LogP contribution in [0, 0.1) is 5.82 Å². The predicted octanol–water partition coefficient (Wildman–Crippen LogP) is 2.31. The summed E-state index contributed by atoms with van der Waals surface area (Å²) in [6, 6.07) is 3.04. The molecule has 0 atom stereocenters. The van der Waals surface area contributed by atoms with Crippen LogP contribution in [0.5, 0.6) is 0 Å². The van der Waals surface area contributed by atoms with Crippen LogP contribution in [0.3, 0.4) is 0 Å². The SMILES string of the molecule is CN(c1ccnc(Cl)n1)c1n[nH]c2ncc(F)cc12. The van der Waals surface area contributed by atoms with Gasteiger partial charge in [0, 0.05) is 13.2 Å². The number of aromatic amines is 1. The minimum atomic E-state index is -0.427. The average molecular weight is 279 g/mol. The van der Waals surface area contributed by atoms with E-state index in [0.29, 0.717) is 22.7 Å². The molecule has 0 fully saturated rings. The van der Waals surface area contributed by atoms with Gasteiger partial charge in [0.1, 0.15) is 11.6 Å². The van der Waals surface area contributed by atoms with E-state index in [0.717, 1.165) is 6.20 Å². The molecule has 0 saturated heterocycles. The number of fused-ring (bicyclic) bond motifs is 1. The van der Waals surface area contributed by atoms with Gasteiger partial charge >= 0.3 is 0 Å². The molecule has 0 radical (unpaired) electrons. The highest BCUT2D eigenvalue weighted by molar-refractivity contribution is 6.28. The van der Waals surface area contributed by atoms with Gasteiger partial charge in [-0.1, -0.05) is 0 Å². The first-order valence-electron chi connectivity index (χ1n) is 5.37. The Hall–Kier alpha value is -2.28. The molecule has 96 valence electrons. The van der Waals surface area contributed by atoms with E-state index in [2.05, 4.69) is 25.1 Å². The topological polar surface area (TPSA) is 70.6 Å². The van der Waals surface area contributed by atoms with Gasteiger partial charge in [0.15, 0.2) is 11.5 Å². The van der Waals surface area contributed by atoms with Gasteiger partial charge in [0.25, 0.3) is 0 Å². The first kappa shape index (κ1) is 11.8. The molecule has 6 nitrogen and oxygen atoms in total. The molecule has 0 aliphatic rings. The fourth-order valence-electron chi connectivity index (χ4n) is 1.74. The summed E-state index contributed by atoms with van der Waals surface area (Å²) in [5.74, 6) is 0.638. The Labute approximate surface area is 112 Å². The van der Waals surface area contributed by atoms with E-state index >= 15 is 0 Å². The van der Waals surface area contributed by atoms with Crippen molar-refractivity contribution in [3.63, 3.8) is 0 Å². The monoisotopic (exact) mass is 278 g/mol. The van der Waals surface area contributed by atoms with E-state index in [1.165, 1.54) is 12.3 Å². The molecule has 3 heterocycles. The molecule has 0 spiro atoms. The van der Waals surface area contributed by atoms with E-state index in [9.17, 15) is 4.39 Å². The number of aromatic nitrogens is 5. The zero-order valence-electron chi connectivity index (χ0n) is 9.80. The number of H-pyrrole nitrogens is 1. The molecule has 0 amide bonds. The van der Waals surface area contributed by atoms with E-state index < -0.39 is 5.82 Å². The number of nitrogens with one attached hydrogen (secondary N) is 1. The summed E-state index contributed by atoms with van der Waals surface area (Å²) in [5, 5.41) is 7.55. The second-order valence-electron chi connectivity index (χ2n) is 3.84. The molecule has 0 aliphatic carbocycles. The van der Waals surface area contributed by atoms with Gasteiger partial charge in [-0.3, -0.25) is 5.10 Å². The Morgan fingerprint density at radius 3 is 3.00 bits per heavy atom. The lowest BCUT2D eigenvalue weighted by atomic mass is 10.3. The second kappa shape index (κ2) is 4.43. The lowest BCUT2D eigenvalue weighted by molar-refractivity contribution is 0.624. The average Bonchev–Trinajstić information content (AvgIpc) is 2.80. The third-order valence-electron chi connectivity index (χ3n) is 2.64. The van der Waals surface area contributed by atoms with Crippen molar-refractivity contribution in [2.24, 2.45) is 0 Å². The molecule has 1 N–H and O–H groups in total. The number of hydrogen-bond acceptors (Lipinski definition) is 5. The second-order valence-corrected chi connectivity index (χ2v) is 4.18. The van der Waals surface area contributed by atoms with E-state index in [4.69, 9.17) is 11.6 Å². The van der Waals surface area contributed by atoms with Crippen molar-refractivity contribution in [2.45, 2.75) is 0 Å². The van der Waals surface area contributed by atoms with Crippen LogP contribution in [0.4, 0.5) is 16.0 Å². The van der Waals surface area contributed by atoms with Gasteiger partial charge in [0.05, 0.1) is 11.6 Å². The first-order chi connectivity index (χ1) is 9.15. The van der Waals surface area contributed by atoms with Crippen LogP contribution in [0.15, 0.2) is 24.5 Å². The maximum Gasteiger partial charge on any atom is 0.224 e. The lowest BCUT2D eigenvalue weighted by Crippen LogP contribution is -2.12. The van der Waals surface area contributed by atoms with Crippen LogP contribution in [-0.4, -0.2) is 32.2 Å². The molecular formula is C11H8ClFN6. The minimum Gasteiger partial charge on any atom is -0.312 e. The summed E-state index contributed by atoms with van der Waals surface area (Å²) in [4.78, 5) is 13.5. The van der Waals surface area contributed by atoms with Crippen LogP contribution < -0.4 is 4.90 Å². The normalized spacial score (nSPS) is 10.9. The smallest absolute Gasteiger partial charge is 0.224 e. The van der Waals surface area contributed by atoms with Gasteiger partial charge in [-0.2, -0.15) is 5.10 Å². The fourth-order valence-corrected chi connectivity index (χ4v) is 1.88. The fraction of sp³-hybridized carbons (Fsp3) is 0.0909. The van der Waals surface area contributed by atoms with Crippen LogP contribution in [-0.2, 0) is 0 Å². The van der Waals surface area contributed by atoms with Crippen molar-refractivity contribution in [3.8, 4) is 0 Å². The molecule has 0 saturated carbocycles. The number of rotatable bonds is 2. The Balaban J connectivity index is 2.11. The van der Waals surface area contributed by atoms with Gasteiger partial charge in [-0.15, -0.1) is 0 Å². The summed E-state index contributed by atoms with van der Waals surface area (Å²) in [6.07, 6.45) is 2.67. The third kappa shape index (κ3) is 2.08. The molecule has 0 bridgehead atoms. The highest BCUT2D eigenvalue weighted by atomic mass is 35.5. The van der Waals surface area contributed by atoms with Crippen molar-refractivity contribution in [1.29, 1.82) is 0 Å². The summed E-state index contributed by atoms with van der Waals surface area (Å²) in [6.45, 7) is 0. The summed E-state index contributed by atoms with van der Waals surface area (Å²) < 4.78 is 13.3. The van der Waals surface area contributed by atoms with Crippen molar-refractivity contribution >= 4 is 34.3 Å². The zero-order valence-corrected chi connectivity index (χ0v) is 10.6. The molecule has 0 aliphatic heterocycles. The minimum absolute atomic E-state index is 0.133. The quantitative estimate of drug-likeness (QED) is 0.728.